The van der Waals surface area contributed by atoms with Gasteiger partial charge in [-0.1, -0.05) is 12.1 Å². The maximum atomic E-state index is 5.44. The molecule has 0 bridgehead atoms. The molecule has 0 amide bonds. The van der Waals surface area contributed by atoms with Crippen LogP contribution in [-0.4, -0.2) is 22.7 Å². The topological polar surface area (TPSA) is 35.0 Å². The van der Waals surface area contributed by atoms with E-state index in [-0.39, 0.29) is 5.60 Å². The van der Waals surface area contributed by atoms with Gasteiger partial charge in [0, 0.05) is 37.3 Å². The molecule has 0 aliphatic rings. The van der Waals surface area contributed by atoms with Crippen LogP contribution in [0.1, 0.15) is 36.4 Å². The van der Waals surface area contributed by atoms with Crippen molar-refractivity contribution in [1.29, 1.82) is 0 Å². The minimum Gasteiger partial charge on any atom is -0.378 e. The van der Waals surface area contributed by atoms with Crippen molar-refractivity contribution in [1.82, 2.24) is 9.97 Å². The Morgan fingerprint density at radius 2 is 1.67 bits per heavy atom. The number of aromatic nitrogens is 2. The first-order valence-corrected chi connectivity index (χ1v) is 7.39. The summed E-state index contributed by atoms with van der Waals surface area (Å²) in [6, 6.07) is 8.45. The summed E-state index contributed by atoms with van der Waals surface area (Å²) in [5.74, 6) is 0. The zero-order valence-electron chi connectivity index (χ0n) is 13.4. The Morgan fingerprint density at radius 1 is 0.952 bits per heavy atom. The standard InChI is InChI=1S/C18H24N2O/c1-14-5-8-16(19-12-14)9-6-15-7-10-17(20-13-15)11-18(2,3)21-4/h5,7-8,10,12-13H,6,9,11H2,1-4H3. The number of hydrogen-bond donors (Lipinski definition) is 0. The van der Waals surface area contributed by atoms with Crippen LogP contribution in [0.4, 0.5) is 0 Å². The molecule has 21 heavy (non-hydrogen) atoms. The molecule has 0 aromatic carbocycles. The normalized spacial score (nSPS) is 11.6. The van der Waals surface area contributed by atoms with E-state index in [2.05, 4.69) is 55.0 Å². The van der Waals surface area contributed by atoms with Crippen LogP contribution in [0, 0.1) is 6.92 Å². The molecule has 0 saturated heterocycles. The molecule has 0 atom stereocenters. The van der Waals surface area contributed by atoms with Crippen LogP contribution in [0.2, 0.25) is 0 Å². The average molecular weight is 284 g/mol. The van der Waals surface area contributed by atoms with E-state index in [1.165, 1.54) is 11.1 Å². The molecule has 0 unspecified atom stereocenters. The first-order chi connectivity index (χ1) is 9.98. The Morgan fingerprint density at radius 3 is 2.24 bits per heavy atom. The highest BCUT2D eigenvalue weighted by Gasteiger charge is 2.17. The summed E-state index contributed by atoms with van der Waals surface area (Å²) < 4.78 is 5.44. The monoisotopic (exact) mass is 284 g/mol. The van der Waals surface area contributed by atoms with Crippen LogP contribution in [0.3, 0.4) is 0 Å². The van der Waals surface area contributed by atoms with E-state index >= 15 is 0 Å². The average Bonchev–Trinajstić information content (AvgIpc) is 2.48. The van der Waals surface area contributed by atoms with Crippen molar-refractivity contribution in [3.63, 3.8) is 0 Å². The number of ether oxygens (including phenoxy) is 1. The minimum absolute atomic E-state index is 0.166. The lowest BCUT2D eigenvalue weighted by molar-refractivity contribution is 0.0224. The van der Waals surface area contributed by atoms with Crippen molar-refractivity contribution in [3.05, 3.63) is 59.2 Å². The molecule has 2 rings (SSSR count). The summed E-state index contributed by atoms with van der Waals surface area (Å²) in [6.45, 7) is 6.21. The molecule has 0 aliphatic heterocycles. The van der Waals surface area contributed by atoms with Crippen LogP contribution in [-0.2, 0) is 24.0 Å². The minimum atomic E-state index is -0.166. The second-order valence-corrected chi connectivity index (χ2v) is 6.13. The van der Waals surface area contributed by atoms with Gasteiger partial charge in [-0.05, 0) is 56.9 Å². The Labute approximate surface area is 127 Å². The highest BCUT2D eigenvalue weighted by atomic mass is 16.5. The molecular formula is C18H24N2O. The van der Waals surface area contributed by atoms with E-state index in [1.807, 2.05) is 12.4 Å². The highest BCUT2D eigenvalue weighted by molar-refractivity contribution is 5.18. The third-order valence-corrected chi connectivity index (χ3v) is 3.69. The van der Waals surface area contributed by atoms with Gasteiger partial charge in [0.25, 0.3) is 0 Å². The Bertz CT molecular complexity index is 559. The molecule has 0 N–H and O–H groups in total. The second-order valence-electron chi connectivity index (χ2n) is 6.13. The zero-order chi connectivity index (χ0) is 15.3. The molecule has 3 nitrogen and oxygen atoms in total. The molecular weight excluding hydrogens is 260 g/mol. The lowest BCUT2D eigenvalue weighted by Gasteiger charge is -2.22. The van der Waals surface area contributed by atoms with Crippen molar-refractivity contribution in [3.8, 4) is 0 Å². The maximum absolute atomic E-state index is 5.44. The molecule has 0 radical (unpaired) electrons. The number of methoxy groups -OCH3 is 1. The summed E-state index contributed by atoms with van der Waals surface area (Å²) in [5, 5.41) is 0. The van der Waals surface area contributed by atoms with E-state index < -0.39 is 0 Å². The lowest BCUT2D eigenvalue weighted by Crippen LogP contribution is -2.25. The molecule has 0 aliphatic carbocycles. The summed E-state index contributed by atoms with van der Waals surface area (Å²) in [4.78, 5) is 8.97. The Hall–Kier alpha value is -1.74. The number of rotatable bonds is 6. The van der Waals surface area contributed by atoms with Gasteiger partial charge in [-0.15, -0.1) is 0 Å². The van der Waals surface area contributed by atoms with Gasteiger partial charge in [-0.25, -0.2) is 0 Å². The van der Waals surface area contributed by atoms with Gasteiger partial charge in [-0.3, -0.25) is 9.97 Å². The fourth-order valence-corrected chi connectivity index (χ4v) is 2.13. The predicted octanol–water partition coefficient (Wildman–Crippen LogP) is 3.54. The number of aryl methyl sites for hydroxylation is 3. The summed E-state index contributed by atoms with van der Waals surface area (Å²) in [7, 11) is 1.74. The van der Waals surface area contributed by atoms with Gasteiger partial charge < -0.3 is 4.74 Å². The molecule has 0 fully saturated rings. The molecule has 2 aromatic rings. The van der Waals surface area contributed by atoms with Crippen molar-refractivity contribution >= 4 is 0 Å². The summed E-state index contributed by atoms with van der Waals surface area (Å²) in [6.07, 6.45) is 6.63. The fourth-order valence-electron chi connectivity index (χ4n) is 2.13. The molecule has 3 heteroatoms. The van der Waals surface area contributed by atoms with Crippen LogP contribution >= 0.6 is 0 Å². The zero-order valence-corrected chi connectivity index (χ0v) is 13.4. The van der Waals surface area contributed by atoms with Crippen LogP contribution in [0.5, 0.6) is 0 Å². The van der Waals surface area contributed by atoms with Crippen LogP contribution in [0.15, 0.2) is 36.7 Å². The van der Waals surface area contributed by atoms with Gasteiger partial charge in [0.15, 0.2) is 0 Å². The van der Waals surface area contributed by atoms with Crippen molar-refractivity contribution < 1.29 is 4.74 Å². The van der Waals surface area contributed by atoms with Gasteiger partial charge >= 0.3 is 0 Å². The maximum Gasteiger partial charge on any atom is 0.0677 e. The highest BCUT2D eigenvalue weighted by Crippen LogP contribution is 2.15. The van der Waals surface area contributed by atoms with Crippen molar-refractivity contribution in [2.45, 2.75) is 45.6 Å². The molecule has 2 aromatic heterocycles. The third-order valence-electron chi connectivity index (χ3n) is 3.69. The summed E-state index contributed by atoms with van der Waals surface area (Å²) in [5.41, 5.74) is 4.48. The number of nitrogens with zero attached hydrogens (tertiary/aromatic N) is 2. The van der Waals surface area contributed by atoms with E-state index in [0.29, 0.717) is 0 Å². The van der Waals surface area contributed by atoms with E-state index in [1.54, 1.807) is 7.11 Å². The van der Waals surface area contributed by atoms with Gasteiger partial charge in [-0.2, -0.15) is 0 Å². The van der Waals surface area contributed by atoms with E-state index in [4.69, 9.17) is 4.74 Å². The SMILES string of the molecule is COC(C)(C)Cc1ccc(CCc2ccc(C)cn2)cn1. The summed E-state index contributed by atoms with van der Waals surface area (Å²) >= 11 is 0. The molecule has 0 saturated carbocycles. The van der Waals surface area contributed by atoms with E-state index in [9.17, 15) is 0 Å². The lowest BCUT2D eigenvalue weighted by atomic mass is 10.0. The number of hydrogen-bond acceptors (Lipinski definition) is 3. The molecule has 112 valence electrons. The largest absolute Gasteiger partial charge is 0.378 e. The van der Waals surface area contributed by atoms with Crippen LogP contribution < -0.4 is 0 Å². The second kappa shape index (κ2) is 6.81. The van der Waals surface area contributed by atoms with E-state index in [0.717, 1.165) is 30.7 Å². The first kappa shape index (κ1) is 15.6. The van der Waals surface area contributed by atoms with Gasteiger partial charge in [0.1, 0.15) is 0 Å². The van der Waals surface area contributed by atoms with Gasteiger partial charge in [0.2, 0.25) is 0 Å². The first-order valence-electron chi connectivity index (χ1n) is 7.39. The van der Waals surface area contributed by atoms with Crippen LogP contribution in [0.25, 0.3) is 0 Å². The quantitative estimate of drug-likeness (QED) is 0.814. The van der Waals surface area contributed by atoms with Crippen molar-refractivity contribution in [2.24, 2.45) is 0 Å². The van der Waals surface area contributed by atoms with Gasteiger partial charge in [0.05, 0.1) is 5.60 Å². The smallest absolute Gasteiger partial charge is 0.0677 e. The predicted molar refractivity (Wildman–Crippen MR) is 85.4 cm³/mol. The Balaban J connectivity index is 1.92. The number of pyridine rings is 2. The third kappa shape index (κ3) is 4.94. The molecule has 2 heterocycles. The van der Waals surface area contributed by atoms with Crippen molar-refractivity contribution in [2.75, 3.05) is 7.11 Å². The molecule has 0 spiro atoms. The fraction of sp³-hybridized carbons (Fsp3) is 0.444. The Kier molecular flexibility index (Phi) is 5.07.